The van der Waals surface area contributed by atoms with Crippen LogP contribution in [-0.4, -0.2) is 31.2 Å². The van der Waals surface area contributed by atoms with E-state index in [-0.39, 0.29) is 0 Å². The van der Waals surface area contributed by atoms with Crippen molar-refractivity contribution in [3.8, 4) is 11.5 Å². The molecule has 0 radical (unpaired) electrons. The highest BCUT2D eigenvalue weighted by Crippen LogP contribution is 2.26. The summed E-state index contributed by atoms with van der Waals surface area (Å²) >= 11 is 1.79. The predicted octanol–water partition coefficient (Wildman–Crippen LogP) is 2.92. The lowest BCUT2D eigenvalue weighted by Crippen LogP contribution is -2.41. The maximum Gasteiger partial charge on any atom is 0.157 e. The van der Waals surface area contributed by atoms with Gasteiger partial charge in [-0.25, -0.2) is 0 Å². The summed E-state index contributed by atoms with van der Waals surface area (Å²) in [5.41, 5.74) is 1.06. The van der Waals surface area contributed by atoms with Gasteiger partial charge in [-0.15, -0.1) is 0 Å². The van der Waals surface area contributed by atoms with Crippen LogP contribution < -0.4 is 14.8 Å². The van der Waals surface area contributed by atoms with Gasteiger partial charge in [0.25, 0.3) is 0 Å². The Morgan fingerprint density at radius 1 is 1.30 bits per heavy atom. The molecule has 1 aromatic carbocycles. The molecule has 1 fully saturated rings. The van der Waals surface area contributed by atoms with Crippen molar-refractivity contribution in [3.05, 3.63) is 23.8 Å². The van der Waals surface area contributed by atoms with Gasteiger partial charge < -0.3 is 14.8 Å². The molecule has 0 spiro atoms. The average Bonchev–Trinajstić information content (AvgIpc) is 2.48. The zero-order valence-corrected chi connectivity index (χ0v) is 13.3. The van der Waals surface area contributed by atoms with Gasteiger partial charge in [0.2, 0.25) is 0 Å². The Labute approximate surface area is 125 Å². The standard InChI is InChI=1S/C15H22N2O2S/c1-10-9-20-15(17-11(10)2)16-8-12-5-6-13(18-3)7-14(12)19-4/h5-7,10-11H,8-9H2,1-4H3,(H,16,17). The number of nitrogens with zero attached hydrogens (tertiary/aromatic N) is 1. The second-order valence-corrected chi connectivity index (χ2v) is 6.03. The molecule has 5 heteroatoms. The van der Waals surface area contributed by atoms with Gasteiger partial charge in [-0.2, -0.15) is 0 Å². The molecule has 1 saturated heterocycles. The SMILES string of the molecule is COc1ccc(CN=C2NC(C)C(C)CS2)c(OC)c1. The Kier molecular flexibility index (Phi) is 5.17. The molecule has 2 rings (SSSR count). The first kappa shape index (κ1) is 15.0. The quantitative estimate of drug-likeness (QED) is 0.927. The normalized spacial score (nSPS) is 24.3. The number of methoxy groups -OCH3 is 2. The third kappa shape index (κ3) is 3.60. The lowest BCUT2D eigenvalue weighted by Gasteiger charge is -2.28. The summed E-state index contributed by atoms with van der Waals surface area (Å²) in [5.74, 6) is 3.41. The molecule has 1 aliphatic heterocycles. The highest BCUT2D eigenvalue weighted by atomic mass is 32.2. The minimum Gasteiger partial charge on any atom is -0.497 e. The molecule has 1 N–H and O–H groups in total. The van der Waals surface area contributed by atoms with Crippen LogP contribution in [0.4, 0.5) is 0 Å². The maximum absolute atomic E-state index is 5.39. The number of hydrogen-bond donors (Lipinski definition) is 1. The van der Waals surface area contributed by atoms with Crippen molar-refractivity contribution >= 4 is 16.9 Å². The summed E-state index contributed by atoms with van der Waals surface area (Å²) in [7, 11) is 3.32. The summed E-state index contributed by atoms with van der Waals surface area (Å²) in [4.78, 5) is 4.65. The molecule has 0 aliphatic carbocycles. The molecule has 4 nitrogen and oxygen atoms in total. The van der Waals surface area contributed by atoms with E-state index in [1.54, 1.807) is 26.0 Å². The van der Waals surface area contributed by atoms with Crippen LogP contribution in [-0.2, 0) is 6.54 Å². The molecule has 1 heterocycles. The molecular weight excluding hydrogens is 272 g/mol. The molecule has 0 saturated carbocycles. The van der Waals surface area contributed by atoms with Gasteiger partial charge in [0.1, 0.15) is 11.5 Å². The van der Waals surface area contributed by atoms with Crippen LogP contribution in [0.2, 0.25) is 0 Å². The Bertz CT molecular complexity index is 491. The first-order valence-electron chi connectivity index (χ1n) is 6.78. The summed E-state index contributed by atoms with van der Waals surface area (Å²) < 4.78 is 10.6. The van der Waals surface area contributed by atoms with Gasteiger partial charge in [-0.1, -0.05) is 18.7 Å². The van der Waals surface area contributed by atoms with Crippen LogP contribution in [0.5, 0.6) is 11.5 Å². The van der Waals surface area contributed by atoms with Gasteiger partial charge in [0.05, 0.1) is 20.8 Å². The van der Waals surface area contributed by atoms with Crippen molar-refractivity contribution in [1.29, 1.82) is 0 Å². The van der Waals surface area contributed by atoms with E-state index in [1.165, 1.54) is 0 Å². The fourth-order valence-electron chi connectivity index (χ4n) is 1.96. The zero-order chi connectivity index (χ0) is 14.5. The fraction of sp³-hybridized carbons (Fsp3) is 0.533. The smallest absolute Gasteiger partial charge is 0.157 e. The molecule has 110 valence electrons. The highest BCUT2D eigenvalue weighted by Gasteiger charge is 2.20. The number of thioether (sulfide) groups is 1. The number of ether oxygens (including phenoxy) is 2. The number of rotatable bonds is 4. The van der Waals surface area contributed by atoms with Gasteiger partial charge >= 0.3 is 0 Å². The minimum atomic E-state index is 0.479. The number of nitrogens with one attached hydrogen (secondary N) is 1. The van der Waals surface area contributed by atoms with E-state index in [4.69, 9.17) is 9.47 Å². The van der Waals surface area contributed by atoms with Gasteiger partial charge in [-0.05, 0) is 25.0 Å². The van der Waals surface area contributed by atoms with E-state index in [0.717, 1.165) is 28.0 Å². The Balaban J connectivity index is 2.06. The summed E-state index contributed by atoms with van der Waals surface area (Å²) in [6.07, 6.45) is 0. The molecule has 0 bridgehead atoms. The highest BCUT2D eigenvalue weighted by molar-refractivity contribution is 8.13. The third-order valence-corrected chi connectivity index (χ3v) is 4.79. The number of hydrogen-bond acceptors (Lipinski definition) is 4. The summed E-state index contributed by atoms with van der Waals surface area (Å²) in [6, 6.07) is 6.31. The Morgan fingerprint density at radius 3 is 2.75 bits per heavy atom. The van der Waals surface area contributed by atoms with Crippen molar-refractivity contribution in [2.75, 3.05) is 20.0 Å². The molecule has 2 unspecified atom stereocenters. The first-order valence-corrected chi connectivity index (χ1v) is 7.77. The molecular formula is C15H22N2O2S. The number of amidine groups is 1. The van der Waals surface area contributed by atoms with E-state index in [0.29, 0.717) is 18.5 Å². The van der Waals surface area contributed by atoms with E-state index in [1.807, 2.05) is 18.2 Å². The van der Waals surface area contributed by atoms with Crippen molar-refractivity contribution < 1.29 is 9.47 Å². The van der Waals surface area contributed by atoms with Gasteiger partial charge in [0.15, 0.2) is 5.17 Å². The predicted molar refractivity (Wildman–Crippen MR) is 84.9 cm³/mol. The lowest BCUT2D eigenvalue weighted by atomic mass is 10.1. The van der Waals surface area contributed by atoms with Crippen LogP contribution in [0, 0.1) is 5.92 Å². The van der Waals surface area contributed by atoms with E-state index < -0.39 is 0 Å². The minimum absolute atomic E-state index is 0.479. The molecule has 0 amide bonds. The van der Waals surface area contributed by atoms with Crippen molar-refractivity contribution in [2.24, 2.45) is 10.9 Å². The van der Waals surface area contributed by atoms with Gasteiger partial charge in [-0.3, -0.25) is 4.99 Å². The van der Waals surface area contributed by atoms with E-state index in [9.17, 15) is 0 Å². The molecule has 20 heavy (non-hydrogen) atoms. The van der Waals surface area contributed by atoms with E-state index >= 15 is 0 Å². The van der Waals surface area contributed by atoms with Crippen LogP contribution in [0.1, 0.15) is 19.4 Å². The topological polar surface area (TPSA) is 42.8 Å². The van der Waals surface area contributed by atoms with E-state index in [2.05, 4.69) is 24.2 Å². The average molecular weight is 294 g/mol. The fourth-order valence-corrected chi connectivity index (χ4v) is 3.10. The van der Waals surface area contributed by atoms with Crippen molar-refractivity contribution in [1.82, 2.24) is 5.32 Å². The molecule has 0 aromatic heterocycles. The molecule has 1 aliphatic rings. The third-order valence-electron chi connectivity index (χ3n) is 3.57. The van der Waals surface area contributed by atoms with Crippen LogP contribution in [0.3, 0.4) is 0 Å². The second kappa shape index (κ2) is 6.88. The molecule has 1 aromatic rings. The van der Waals surface area contributed by atoms with Crippen LogP contribution in [0.25, 0.3) is 0 Å². The monoisotopic (exact) mass is 294 g/mol. The Hall–Kier alpha value is -1.36. The second-order valence-electron chi connectivity index (χ2n) is 5.02. The van der Waals surface area contributed by atoms with Crippen molar-refractivity contribution in [2.45, 2.75) is 26.4 Å². The van der Waals surface area contributed by atoms with Crippen LogP contribution in [0.15, 0.2) is 23.2 Å². The van der Waals surface area contributed by atoms with Gasteiger partial charge in [0, 0.05) is 23.4 Å². The number of aliphatic imine (C=N–C) groups is 1. The van der Waals surface area contributed by atoms with Crippen molar-refractivity contribution in [3.63, 3.8) is 0 Å². The summed E-state index contributed by atoms with van der Waals surface area (Å²) in [5, 5.41) is 4.47. The number of benzene rings is 1. The van der Waals surface area contributed by atoms with Crippen LogP contribution >= 0.6 is 11.8 Å². The zero-order valence-electron chi connectivity index (χ0n) is 12.5. The summed E-state index contributed by atoms with van der Waals surface area (Å²) in [6.45, 7) is 5.07. The lowest BCUT2D eigenvalue weighted by molar-refractivity contribution is 0.391. The largest absolute Gasteiger partial charge is 0.497 e. The molecule has 2 atom stereocenters. The first-order chi connectivity index (χ1) is 9.63. The Morgan fingerprint density at radius 2 is 2.10 bits per heavy atom. The maximum atomic E-state index is 5.39.